The van der Waals surface area contributed by atoms with Crippen molar-refractivity contribution >= 4 is 35.1 Å². The molecule has 0 aliphatic carbocycles. The molecule has 0 aliphatic heterocycles. The molecule has 0 heterocycles. The monoisotopic (exact) mass is 365 g/mol. The van der Waals surface area contributed by atoms with Crippen molar-refractivity contribution in [3.63, 3.8) is 0 Å². The second kappa shape index (κ2) is 8.31. The van der Waals surface area contributed by atoms with Crippen LogP contribution in [0.5, 0.6) is 0 Å². The number of ketones is 1. The summed E-state index contributed by atoms with van der Waals surface area (Å²) in [5, 5.41) is 3.45. The Kier molecular flexibility index (Phi) is 6.40. The Bertz CT molecular complexity index is 766. The van der Waals surface area contributed by atoms with Crippen LogP contribution in [0.1, 0.15) is 35.8 Å². The number of halogens is 2. The standard InChI is InChI=1S/C18H17ClFNO2S/c1-11(13-4-3-5-15(19)8-13)21-18(23)10-24-17-7-6-14(12(2)22)9-16(17)20/h3-9,11H,10H2,1-2H3,(H,21,23). The lowest BCUT2D eigenvalue weighted by atomic mass is 10.1. The fourth-order valence-electron chi connectivity index (χ4n) is 2.12. The highest BCUT2D eigenvalue weighted by atomic mass is 35.5. The molecule has 0 saturated heterocycles. The summed E-state index contributed by atoms with van der Waals surface area (Å²) >= 11 is 7.03. The van der Waals surface area contributed by atoms with E-state index in [0.29, 0.717) is 15.5 Å². The Labute approximate surface area is 149 Å². The number of benzene rings is 2. The third kappa shape index (κ3) is 5.08. The maximum absolute atomic E-state index is 13.9. The lowest BCUT2D eigenvalue weighted by Gasteiger charge is -2.14. The van der Waals surface area contributed by atoms with Gasteiger partial charge in [0.25, 0.3) is 0 Å². The molecule has 2 aromatic rings. The van der Waals surface area contributed by atoms with Crippen LogP contribution >= 0.6 is 23.4 Å². The molecule has 0 spiro atoms. The Balaban J connectivity index is 1.92. The van der Waals surface area contributed by atoms with Crippen molar-refractivity contribution in [2.75, 3.05) is 5.75 Å². The Morgan fingerprint density at radius 3 is 2.62 bits per heavy atom. The Morgan fingerprint density at radius 1 is 1.25 bits per heavy atom. The van der Waals surface area contributed by atoms with Crippen LogP contribution in [0, 0.1) is 5.82 Å². The number of rotatable bonds is 6. The maximum atomic E-state index is 13.9. The van der Waals surface area contributed by atoms with Crippen molar-refractivity contribution in [3.8, 4) is 0 Å². The summed E-state index contributed by atoms with van der Waals surface area (Å²) in [6.07, 6.45) is 0. The molecule has 2 rings (SSSR count). The van der Waals surface area contributed by atoms with Gasteiger partial charge in [-0.3, -0.25) is 9.59 Å². The number of hydrogen-bond acceptors (Lipinski definition) is 3. The van der Waals surface area contributed by atoms with E-state index in [2.05, 4.69) is 5.32 Å². The molecule has 0 fully saturated rings. The predicted octanol–water partition coefficient (Wildman–Crippen LogP) is 4.65. The van der Waals surface area contributed by atoms with E-state index in [9.17, 15) is 14.0 Å². The molecule has 0 radical (unpaired) electrons. The topological polar surface area (TPSA) is 46.2 Å². The molecule has 0 aliphatic rings. The first kappa shape index (κ1) is 18.5. The van der Waals surface area contributed by atoms with Crippen LogP contribution in [0.3, 0.4) is 0 Å². The number of carbonyl (C=O) groups excluding carboxylic acids is 2. The van der Waals surface area contributed by atoms with Gasteiger partial charge in [0.15, 0.2) is 5.78 Å². The zero-order valence-electron chi connectivity index (χ0n) is 13.3. The predicted molar refractivity (Wildman–Crippen MR) is 95.1 cm³/mol. The molecule has 1 N–H and O–H groups in total. The summed E-state index contributed by atoms with van der Waals surface area (Å²) in [5.41, 5.74) is 1.22. The molecular weight excluding hydrogens is 349 g/mol. The quantitative estimate of drug-likeness (QED) is 0.598. The van der Waals surface area contributed by atoms with Gasteiger partial charge in [0, 0.05) is 15.5 Å². The van der Waals surface area contributed by atoms with Crippen molar-refractivity contribution in [1.29, 1.82) is 0 Å². The minimum Gasteiger partial charge on any atom is -0.349 e. The molecule has 1 unspecified atom stereocenters. The number of hydrogen-bond donors (Lipinski definition) is 1. The summed E-state index contributed by atoms with van der Waals surface area (Å²) in [5.74, 6) is -0.814. The summed E-state index contributed by atoms with van der Waals surface area (Å²) in [6, 6.07) is 11.3. The largest absolute Gasteiger partial charge is 0.349 e. The van der Waals surface area contributed by atoms with Gasteiger partial charge < -0.3 is 5.32 Å². The lowest BCUT2D eigenvalue weighted by Crippen LogP contribution is -2.28. The van der Waals surface area contributed by atoms with E-state index in [1.54, 1.807) is 18.2 Å². The summed E-state index contributed by atoms with van der Waals surface area (Å²) in [6.45, 7) is 3.24. The zero-order valence-corrected chi connectivity index (χ0v) is 14.9. The molecule has 0 aromatic heterocycles. The van der Waals surface area contributed by atoms with Gasteiger partial charge in [0.1, 0.15) is 5.82 Å². The van der Waals surface area contributed by atoms with E-state index in [1.165, 1.54) is 19.1 Å². The molecule has 1 atom stereocenters. The highest BCUT2D eigenvalue weighted by Gasteiger charge is 2.12. The third-order valence-corrected chi connectivity index (χ3v) is 4.71. The van der Waals surface area contributed by atoms with Gasteiger partial charge in [0.2, 0.25) is 5.91 Å². The molecule has 126 valence electrons. The lowest BCUT2D eigenvalue weighted by molar-refractivity contribution is -0.119. The first-order valence-electron chi connectivity index (χ1n) is 7.35. The normalized spacial score (nSPS) is 11.8. The number of Topliss-reactive ketones (excluding diaryl/α,β-unsaturated/α-hetero) is 1. The van der Waals surface area contributed by atoms with Crippen molar-refractivity contribution < 1.29 is 14.0 Å². The van der Waals surface area contributed by atoms with Crippen molar-refractivity contribution in [2.24, 2.45) is 0 Å². The first-order chi connectivity index (χ1) is 11.4. The van der Waals surface area contributed by atoms with E-state index < -0.39 is 5.82 Å². The van der Waals surface area contributed by atoms with Crippen LogP contribution in [0.4, 0.5) is 4.39 Å². The molecule has 1 amide bonds. The molecule has 2 aromatic carbocycles. The van der Waals surface area contributed by atoms with E-state index in [-0.39, 0.29) is 23.5 Å². The number of carbonyl (C=O) groups is 2. The van der Waals surface area contributed by atoms with Crippen molar-refractivity contribution in [2.45, 2.75) is 24.8 Å². The number of amides is 1. The zero-order chi connectivity index (χ0) is 17.7. The molecule has 0 saturated carbocycles. The van der Waals surface area contributed by atoms with Crippen LogP contribution < -0.4 is 5.32 Å². The molecule has 3 nitrogen and oxygen atoms in total. The summed E-state index contributed by atoms with van der Waals surface area (Å²) in [7, 11) is 0. The number of nitrogens with one attached hydrogen (secondary N) is 1. The second-order valence-corrected chi connectivity index (χ2v) is 6.79. The van der Waals surface area contributed by atoms with Crippen LogP contribution in [0.15, 0.2) is 47.4 Å². The molecule has 0 bridgehead atoms. The van der Waals surface area contributed by atoms with E-state index in [4.69, 9.17) is 11.6 Å². The highest BCUT2D eigenvalue weighted by molar-refractivity contribution is 8.00. The number of thioether (sulfide) groups is 1. The average Bonchev–Trinajstić information content (AvgIpc) is 2.53. The highest BCUT2D eigenvalue weighted by Crippen LogP contribution is 2.23. The van der Waals surface area contributed by atoms with Crippen molar-refractivity contribution in [1.82, 2.24) is 5.32 Å². The maximum Gasteiger partial charge on any atom is 0.230 e. The van der Waals surface area contributed by atoms with Gasteiger partial charge >= 0.3 is 0 Å². The Morgan fingerprint density at radius 2 is 2.00 bits per heavy atom. The van der Waals surface area contributed by atoms with E-state index >= 15 is 0 Å². The van der Waals surface area contributed by atoms with Gasteiger partial charge in [0.05, 0.1) is 11.8 Å². The molecule has 6 heteroatoms. The van der Waals surface area contributed by atoms with E-state index in [1.807, 2.05) is 19.1 Å². The third-order valence-electron chi connectivity index (χ3n) is 3.42. The second-order valence-electron chi connectivity index (χ2n) is 5.33. The Hall–Kier alpha value is -1.85. The fraction of sp³-hybridized carbons (Fsp3) is 0.222. The summed E-state index contributed by atoms with van der Waals surface area (Å²) in [4.78, 5) is 23.6. The van der Waals surface area contributed by atoms with Gasteiger partial charge in [-0.2, -0.15) is 0 Å². The van der Waals surface area contributed by atoms with Crippen LogP contribution in [0.2, 0.25) is 5.02 Å². The average molecular weight is 366 g/mol. The van der Waals surface area contributed by atoms with Gasteiger partial charge in [-0.05, 0) is 43.7 Å². The molecular formula is C18H17ClFNO2S. The van der Waals surface area contributed by atoms with Crippen molar-refractivity contribution in [3.05, 3.63) is 64.4 Å². The smallest absolute Gasteiger partial charge is 0.230 e. The van der Waals surface area contributed by atoms with Gasteiger partial charge in [-0.15, -0.1) is 11.8 Å². The van der Waals surface area contributed by atoms with Gasteiger partial charge in [-0.25, -0.2) is 4.39 Å². The van der Waals surface area contributed by atoms with Crippen LogP contribution in [-0.2, 0) is 4.79 Å². The first-order valence-corrected chi connectivity index (χ1v) is 8.71. The summed E-state index contributed by atoms with van der Waals surface area (Å²) < 4.78 is 13.9. The minimum atomic E-state index is -0.497. The SMILES string of the molecule is CC(=O)c1ccc(SCC(=O)NC(C)c2cccc(Cl)c2)c(F)c1. The fourth-order valence-corrected chi connectivity index (χ4v) is 3.05. The van der Waals surface area contributed by atoms with Crippen LogP contribution in [-0.4, -0.2) is 17.4 Å². The molecule has 24 heavy (non-hydrogen) atoms. The van der Waals surface area contributed by atoms with Gasteiger partial charge in [-0.1, -0.05) is 29.8 Å². The minimum absolute atomic E-state index is 0.0846. The van der Waals surface area contributed by atoms with E-state index in [0.717, 1.165) is 17.3 Å². The van der Waals surface area contributed by atoms with Crippen LogP contribution in [0.25, 0.3) is 0 Å².